The molecule has 1 saturated carbocycles. The topological polar surface area (TPSA) is 71.3 Å². The van der Waals surface area contributed by atoms with E-state index in [4.69, 9.17) is 4.42 Å². The Hall–Kier alpha value is -1.43. The molecule has 0 spiro atoms. The van der Waals surface area contributed by atoms with Crippen molar-refractivity contribution in [2.75, 3.05) is 13.1 Å². The molecule has 2 fully saturated rings. The van der Waals surface area contributed by atoms with Crippen LogP contribution in [0.15, 0.2) is 4.42 Å². The van der Waals surface area contributed by atoms with E-state index >= 15 is 0 Å². The maximum Gasteiger partial charge on any atom is 0.309 e. The number of hydrogen-bond donors (Lipinski definition) is 1. The highest BCUT2D eigenvalue weighted by molar-refractivity contribution is 5.89. The zero-order valence-electron chi connectivity index (χ0n) is 12.3. The highest BCUT2D eigenvalue weighted by atomic mass is 16.4. The fourth-order valence-electron chi connectivity index (χ4n) is 2.67. The minimum absolute atomic E-state index is 0.0992. The number of amides is 1. The van der Waals surface area contributed by atoms with Gasteiger partial charge in [0, 0.05) is 31.1 Å². The van der Waals surface area contributed by atoms with Gasteiger partial charge in [-0.15, -0.1) is 10.2 Å². The summed E-state index contributed by atoms with van der Waals surface area (Å²) in [5.74, 6) is 1.28. The Kier molecular flexibility index (Phi) is 3.50. The first-order valence-corrected chi connectivity index (χ1v) is 7.43. The Balaban J connectivity index is 1.60. The van der Waals surface area contributed by atoms with Crippen molar-refractivity contribution in [2.24, 2.45) is 5.92 Å². The molecule has 0 unspecified atom stereocenters. The molecule has 2 heterocycles. The third kappa shape index (κ3) is 2.70. The van der Waals surface area contributed by atoms with Crippen LogP contribution in [0.1, 0.15) is 56.1 Å². The first-order chi connectivity index (χ1) is 9.54. The molecular formula is C14H22N4O2. The van der Waals surface area contributed by atoms with Gasteiger partial charge in [0.1, 0.15) is 0 Å². The Morgan fingerprint density at radius 2 is 2.10 bits per heavy atom. The average Bonchev–Trinajstić information content (AvgIpc) is 3.01. The number of hydrogen-bond acceptors (Lipinski definition) is 5. The van der Waals surface area contributed by atoms with E-state index in [9.17, 15) is 4.79 Å². The molecule has 6 nitrogen and oxygen atoms in total. The van der Waals surface area contributed by atoms with Crippen LogP contribution in [0.5, 0.6) is 0 Å². The van der Waals surface area contributed by atoms with Gasteiger partial charge in [0.2, 0.25) is 5.89 Å². The summed E-state index contributed by atoms with van der Waals surface area (Å²) in [5.41, 5.74) is 0. The van der Waals surface area contributed by atoms with Gasteiger partial charge in [-0.25, -0.2) is 0 Å². The number of nitrogens with zero attached hydrogens (tertiary/aromatic N) is 3. The summed E-state index contributed by atoms with van der Waals surface area (Å²) in [4.78, 5) is 14.5. The second-order valence-electron chi connectivity index (χ2n) is 6.32. The number of aromatic nitrogens is 2. The van der Waals surface area contributed by atoms with Crippen LogP contribution in [-0.2, 0) is 0 Å². The largest absolute Gasteiger partial charge is 0.417 e. The van der Waals surface area contributed by atoms with Crippen molar-refractivity contribution >= 4 is 5.91 Å². The summed E-state index contributed by atoms with van der Waals surface area (Å²) < 4.78 is 5.44. The van der Waals surface area contributed by atoms with Crippen molar-refractivity contribution in [3.05, 3.63) is 11.8 Å². The minimum Gasteiger partial charge on any atom is -0.417 e. The summed E-state index contributed by atoms with van der Waals surface area (Å²) in [6.07, 6.45) is 2.18. The third-order valence-electron chi connectivity index (χ3n) is 4.25. The van der Waals surface area contributed by atoms with Crippen LogP contribution in [0.3, 0.4) is 0 Å². The van der Waals surface area contributed by atoms with E-state index in [1.807, 2.05) is 0 Å². The van der Waals surface area contributed by atoms with Gasteiger partial charge in [-0.2, -0.15) is 0 Å². The van der Waals surface area contributed by atoms with E-state index in [0.717, 1.165) is 25.9 Å². The van der Waals surface area contributed by atoms with E-state index in [1.54, 1.807) is 0 Å². The van der Waals surface area contributed by atoms with Crippen molar-refractivity contribution in [3.63, 3.8) is 0 Å². The molecule has 1 N–H and O–H groups in total. The quantitative estimate of drug-likeness (QED) is 0.901. The third-order valence-corrected chi connectivity index (χ3v) is 4.25. The average molecular weight is 278 g/mol. The monoisotopic (exact) mass is 278 g/mol. The maximum atomic E-state index is 12.2. The highest BCUT2D eigenvalue weighted by Gasteiger charge is 2.34. The summed E-state index contributed by atoms with van der Waals surface area (Å²) in [6.45, 7) is 8.42. The van der Waals surface area contributed by atoms with E-state index in [0.29, 0.717) is 23.8 Å². The molecule has 0 bridgehead atoms. The second-order valence-corrected chi connectivity index (χ2v) is 6.32. The van der Waals surface area contributed by atoms with Crippen LogP contribution in [0, 0.1) is 5.92 Å². The lowest BCUT2D eigenvalue weighted by Crippen LogP contribution is -2.40. The van der Waals surface area contributed by atoms with Crippen LogP contribution in [0.25, 0.3) is 0 Å². The molecule has 1 aromatic heterocycles. The van der Waals surface area contributed by atoms with Crippen LogP contribution in [-0.4, -0.2) is 46.2 Å². The lowest BCUT2D eigenvalue weighted by atomic mass is 10.1. The standard InChI is InChI=1S/C14H22N4O2/c1-8(2)18-6-9(3)11(7-18)15-12(19)14-17-16-13(20-14)10-4-5-10/h8-11H,4-7H2,1-3H3,(H,15,19)/t9-,11-/m1/s1. The summed E-state index contributed by atoms with van der Waals surface area (Å²) >= 11 is 0. The molecule has 20 heavy (non-hydrogen) atoms. The molecule has 0 radical (unpaired) electrons. The molecule has 1 aliphatic heterocycles. The number of likely N-dealkylation sites (tertiary alicyclic amines) is 1. The van der Waals surface area contributed by atoms with E-state index in [1.165, 1.54) is 0 Å². The SMILES string of the molecule is CC(C)N1C[C@@H](C)[C@H](NC(=O)c2nnc(C3CC3)o2)C1. The normalized spacial score (nSPS) is 27.2. The smallest absolute Gasteiger partial charge is 0.309 e. The first kappa shape index (κ1) is 13.5. The zero-order valence-corrected chi connectivity index (χ0v) is 12.3. The Bertz CT molecular complexity index is 495. The van der Waals surface area contributed by atoms with E-state index < -0.39 is 0 Å². The van der Waals surface area contributed by atoms with Crippen molar-refractivity contribution in [1.29, 1.82) is 0 Å². The fraction of sp³-hybridized carbons (Fsp3) is 0.786. The summed E-state index contributed by atoms with van der Waals surface area (Å²) in [5, 5.41) is 10.8. The van der Waals surface area contributed by atoms with Gasteiger partial charge < -0.3 is 9.73 Å². The molecule has 1 aliphatic carbocycles. The lowest BCUT2D eigenvalue weighted by molar-refractivity contribution is 0.0893. The van der Waals surface area contributed by atoms with Gasteiger partial charge in [0.05, 0.1) is 0 Å². The molecule has 110 valence electrons. The molecule has 6 heteroatoms. The predicted octanol–water partition coefficient (Wildman–Crippen LogP) is 1.41. The highest BCUT2D eigenvalue weighted by Crippen LogP contribution is 2.38. The number of carbonyl (C=O) groups is 1. The maximum absolute atomic E-state index is 12.2. The molecule has 1 saturated heterocycles. The second kappa shape index (κ2) is 5.16. The van der Waals surface area contributed by atoms with Crippen LogP contribution in [0.2, 0.25) is 0 Å². The molecule has 3 rings (SSSR count). The van der Waals surface area contributed by atoms with Gasteiger partial charge >= 0.3 is 11.8 Å². The van der Waals surface area contributed by atoms with Gasteiger partial charge in [-0.1, -0.05) is 6.92 Å². The Morgan fingerprint density at radius 3 is 2.70 bits per heavy atom. The molecule has 2 atom stereocenters. The Morgan fingerprint density at radius 1 is 1.35 bits per heavy atom. The molecule has 0 aromatic carbocycles. The first-order valence-electron chi connectivity index (χ1n) is 7.43. The van der Waals surface area contributed by atoms with Crippen LogP contribution >= 0.6 is 0 Å². The number of carbonyl (C=O) groups excluding carboxylic acids is 1. The van der Waals surface area contributed by atoms with Gasteiger partial charge in [-0.3, -0.25) is 9.69 Å². The minimum atomic E-state index is -0.244. The van der Waals surface area contributed by atoms with E-state index in [2.05, 4.69) is 41.2 Å². The molecular weight excluding hydrogens is 256 g/mol. The fourth-order valence-corrected chi connectivity index (χ4v) is 2.67. The molecule has 1 amide bonds. The zero-order chi connectivity index (χ0) is 14.3. The summed E-state index contributed by atoms with van der Waals surface area (Å²) in [6, 6.07) is 0.658. The number of rotatable bonds is 4. The summed E-state index contributed by atoms with van der Waals surface area (Å²) in [7, 11) is 0. The van der Waals surface area contributed by atoms with Crippen molar-refractivity contribution in [2.45, 2.75) is 51.6 Å². The lowest BCUT2D eigenvalue weighted by Gasteiger charge is -2.20. The van der Waals surface area contributed by atoms with Crippen molar-refractivity contribution < 1.29 is 9.21 Å². The van der Waals surface area contributed by atoms with E-state index in [-0.39, 0.29) is 17.8 Å². The number of nitrogens with one attached hydrogen (secondary N) is 1. The van der Waals surface area contributed by atoms with Gasteiger partial charge in [0.15, 0.2) is 0 Å². The van der Waals surface area contributed by atoms with Gasteiger partial charge in [0.25, 0.3) is 0 Å². The van der Waals surface area contributed by atoms with Crippen LogP contribution in [0.4, 0.5) is 0 Å². The molecule has 1 aromatic rings. The van der Waals surface area contributed by atoms with Gasteiger partial charge in [-0.05, 0) is 32.6 Å². The molecule has 2 aliphatic rings. The van der Waals surface area contributed by atoms with Crippen molar-refractivity contribution in [1.82, 2.24) is 20.4 Å². The van der Waals surface area contributed by atoms with Crippen molar-refractivity contribution in [3.8, 4) is 0 Å². The Labute approximate surface area is 118 Å². The van der Waals surface area contributed by atoms with Crippen LogP contribution < -0.4 is 5.32 Å². The predicted molar refractivity (Wildman–Crippen MR) is 73.4 cm³/mol.